The second-order valence-corrected chi connectivity index (χ2v) is 7.94. The lowest BCUT2D eigenvalue weighted by Crippen LogP contribution is -2.37. The van der Waals surface area contributed by atoms with Gasteiger partial charge in [0.25, 0.3) is 5.91 Å². The molecule has 0 heterocycles. The molecule has 0 aliphatic rings. The number of carbonyl (C=O) groups is 3. The molecular weight excluding hydrogens is 467 g/mol. The molecular formula is C20H18F3N3O6S. The van der Waals surface area contributed by atoms with Gasteiger partial charge in [0.15, 0.2) is 24.1 Å². The zero-order valence-corrected chi connectivity index (χ0v) is 17.6. The zero-order chi connectivity index (χ0) is 24.4. The van der Waals surface area contributed by atoms with E-state index in [0.717, 1.165) is 11.5 Å². The summed E-state index contributed by atoms with van der Waals surface area (Å²) in [6.45, 7) is -2.26. The summed E-state index contributed by atoms with van der Waals surface area (Å²) in [5.74, 6) is -7.75. The van der Waals surface area contributed by atoms with Crippen LogP contribution in [0, 0.1) is 17.5 Å². The van der Waals surface area contributed by atoms with Crippen molar-refractivity contribution in [2.45, 2.75) is 0 Å². The van der Waals surface area contributed by atoms with Gasteiger partial charge in [-0.05, 0) is 23.8 Å². The van der Waals surface area contributed by atoms with Crippen molar-refractivity contribution >= 4 is 39.6 Å². The standard InChI is InChI=1S/C20H18F3N3O6S/c21-14-6-7-15(20(23)19(14)22)26-16(27)10-24-17(28)12-32-18(29)11-25-33(30,31)9-8-13-4-2-1-3-5-13/h1-9,25H,10-12H2,(H,24,28)(H,26,27)/b9-8+. The highest BCUT2D eigenvalue weighted by atomic mass is 32.2. The van der Waals surface area contributed by atoms with Gasteiger partial charge in [0.1, 0.15) is 6.54 Å². The van der Waals surface area contributed by atoms with Crippen molar-refractivity contribution in [1.82, 2.24) is 10.0 Å². The van der Waals surface area contributed by atoms with E-state index in [1.54, 1.807) is 30.3 Å². The Bertz CT molecular complexity index is 1160. The predicted octanol–water partition coefficient (Wildman–Crippen LogP) is 1.29. The third-order valence-electron chi connectivity index (χ3n) is 3.78. The first-order valence-electron chi connectivity index (χ1n) is 9.16. The number of anilines is 1. The van der Waals surface area contributed by atoms with Crippen molar-refractivity contribution in [3.63, 3.8) is 0 Å². The van der Waals surface area contributed by atoms with Crippen LogP contribution in [-0.4, -0.2) is 45.9 Å². The van der Waals surface area contributed by atoms with Gasteiger partial charge in [-0.3, -0.25) is 14.4 Å². The quantitative estimate of drug-likeness (QED) is 0.344. The first-order chi connectivity index (χ1) is 15.6. The van der Waals surface area contributed by atoms with Gasteiger partial charge in [0, 0.05) is 5.41 Å². The van der Waals surface area contributed by atoms with Gasteiger partial charge in [-0.15, -0.1) is 0 Å². The number of rotatable bonds is 10. The van der Waals surface area contributed by atoms with E-state index in [-0.39, 0.29) is 0 Å². The Labute approximate surface area is 186 Å². The molecule has 0 bridgehead atoms. The molecule has 3 N–H and O–H groups in total. The lowest BCUT2D eigenvalue weighted by atomic mass is 10.2. The topological polar surface area (TPSA) is 131 Å². The van der Waals surface area contributed by atoms with Crippen LogP contribution in [0.15, 0.2) is 47.9 Å². The first-order valence-corrected chi connectivity index (χ1v) is 10.7. The van der Waals surface area contributed by atoms with Crippen molar-refractivity contribution in [2.75, 3.05) is 25.0 Å². The maximum atomic E-state index is 13.5. The summed E-state index contributed by atoms with van der Waals surface area (Å²) < 4.78 is 69.7. The molecule has 0 aliphatic carbocycles. The highest BCUT2D eigenvalue weighted by Crippen LogP contribution is 2.19. The number of esters is 1. The van der Waals surface area contributed by atoms with Crippen LogP contribution < -0.4 is 15.4 Å². The summed E-state index contributed by atoms with van der Waals surface area (Å²) in [4.78, 5) is 34.9. The van der Waals surface area contributed by atoms with Crippen LogP contribution >= 0.6 is 0 Å². The third-order valence-corrected chi connectivity index (χ3v) is 4.82. The van der Waals surface area contributed by atoms with Crippen molar-refractivity contribution in [2.24, 2.45) is 0 Å². The Hall–Kier alpha value is -3.71. The number of ether oxygens (including phenoxy) is 1. The Balaban J connectivity index is 1.70. The molecule has 33 heavy (non-hydrogen) atoms. The van der Waals surface area contributed by atoms with Crippen molar-refractivity contribution in [3.05, 3.63) is 70.9 Å². The summed E-state index contributed by atoms with van der Waals surface area (Å²) >= 11 is 0. The number of nitrogens with one attached hydrogen (secondary N) is 3. The van der Waals surface area contributed by atoms with Gasteiger partial charge < -0.3 is 15.4 Å². The minimum atomic E-state index is -3.94. The van der Waals surface area contributed by atoms with Gasteiger partial charge in [-0.1, -0.05) is 30.3 Å². The molecule has 13 heteroatoms. The number of hydrogen-bond donors (Lipinski definition) is 3. The second kappa shape index (κ2) is 11.8. The minimum absolute atomic E-state index is 0.609. The van der Waals surface area contributed by atoms with Gasteiger partial charge in [-0.25, -0.2) is 26.3 Å². The molecule has 2 rings (SSSR count). The molecule has 9 nitrogen and oxygen atoms in total. The fourth-order valence-electron chi connectivity index (χ4n) is 2.18. The fourth-order valence-corrected chi connectivity index (χ4v) is 2.94. The molecule has 2 amide bonds. The van der Waals surface area contributed by atoms with E-state index in [4.69, 9.17) is 0 Å². The molecule has 2 aromatic carbocycles. The summed E-state index contributed by atoms with van der Waals surface area (Å²) in [5, 5.41) is 4.84. The molecule has 176 valence electrons. The van der Waals surface area contributed by atoms with Crippen LogP contribution in [0.5, 0.6) is 0 Å². The summed E-state index contributed by atoms with van der Waals surface area (Å²) in [6, 6.07) is 9.94. The lowest BCUT2D eigenvalue weighted by Gasteiger charge is -2.09. The number of halogens is 3. The Kier molecular flexibility index (Phi) is 9.12. The minimum Gasteiger partial charge on any atom is -0.455 e. The van der Waals surface area contributed by atoms with Crippen LogP contribution in [0.4, 0.5) is 18.9 Å². The highest BCUT2D eigenvalue weighted by Gasteiger charge is 2.16. The van der Waals surface area contributed by atoms with E-state index in [9.17, 15) is 36.0 Å². The average Bonchev–Trinajstić information content (AvgIpc) is 2.80. The van der Waals surface area contributed by atoms with Crippen LogP contribution in [-0.2, 0) is 29.1 Å². The molecule has 0 saturated heterocycles. The zero-order valence-electron chi connectivity index (χ0n) is 16.8. The molecule has 0 spiro atoms. The van der Waals surface area contributed by atoms with E-state index < -0.39 is 70.6 Å². The molecule has 0 aliphatic heterocycles. The number of benzene rings is 2. The Morgan fingerprint density at radius 3 is 2.30 bits per heavy atom. The molecule has 2 aromatic rings. The molecule has 0 saturated carbocycles. The number of hydrogen-bond acceptors (Lipinski definition) is 6. The largest absolute Gasteiger partial charge is 0.455 e. The van der Waals surface area contributed by atoms with E-state index in [1.165, 1.54) is 6.08 Å². The van der Waals surface area contributed by atoms with Gasteiger partial charge in [0.05, 0.1) is 12.2 Å². The molecule has 0 fully saturated rings. The van der Waals surface area contributed by atoms with Crippen LogP contribution in [0.1, 0.15) is 5.56 Å². The van der Waals surface area contributed by atoms with Crippen LogP contribution in [0.25, 0.3) is 6.08 Å². The smallest absolute Gasteiger partial charge is 0.321 e. The fraction of sp³-hybridized carbons (Fsp3) is 0.150. The second-order valence-electron chi connectivity index (χ2n) is 6.29. The predicted molar refractivity (Wildman–Crippen MR) is 111 cm³/mol. The van der Waals surface area contributed by atoms with Crippen molar-refractivity contribution in [3.8, 4) is 0 Å². The lowest BCUT2D eigenvalue weighted by molar-refractivity contribution is -0.147. The number of amides is 2. The van der Waals surface area contributed by atoms with Crippen molar-refractivity contribution < 1.29 is 40.7 Å². The Morgan fingerprint density at radius 1 is 0.909 bits per heavy atom. The number of sulfonamides is 1. The molecule has 0 unspecified atom stereocenters. The SMILES string of the molecule is O=C(COC(=O)CNS(=O)(=O)/C=C/c1ccccc1)NCC(=O)Nc1ccc(F)c(F)c1F. The summed E-state index contributed by atoms with van der Waals surface area (Å²) in [6.07, 6.45) is 1.32. The van der Waals surface area contributed by atoms with Gasteiger partial charge in [-0.2, -0.15) is 0 Å². The first kappa shape index (κ1) is 25.5. The highest BCUT2D eigenvalue weighted by molar-refractivity contribution is 7.92. The van der Waals surface area contributed by atoms with Crippen LogP contribution in [0.2, 0.25) is 0 Å². The summed E-state index contributed by atoms with van der Waals surface area (Å²) in [7, 11) is -3.94. The van der Waals surface area contributed by atoms with E-state index >= 15 is 0 Å². The maximum Gasteiger partial charge on any atom is 0.321 e. The average molecular weight is 485 g/mol. The molecule has 0 atom stereocenters. The maximum absolute atomic E-state index is 13.5. The van der Waals surface area contributed by atoms with Gasteiger partial charge in [0.2, 0.25) is 15.9 Å². The normalized spacial score (nSPS) is 11.2. The molecule has 0 aromatic heterocycles. The van der Waals surface area contributed by atoms with E-state index in [2.05, 4.69) is 4.74 Å². The molecule has 0 radical (unpaired) electrons. The monoisotopic (exact) mass is 485 g/mol. The van der Waals surface area contributed by atoms with Gasteiger partial charge >= 0.3 is 5.97 Å². The van der Waals surface area contributed by atoms with E-state index in [0.29, 0.717) is 11.6 Å². The Morgan fingerprint density at radius 2 is 1.61 bits per heavy atom. The summed E-state index contributed by atoms with van der Waals surface area (Å²) in [5.41, 5.74) is -0.00775. The van der Waals surface area contributed by atoms with Crippen molar-refractivity contribution in [1.29, 1.82) is 0 Å². The van der Waals surface area contributed by atoms with Crippen LogP contribution in [0.3, 0.4) is 0 Å². The third kappa shape index (κ3) is 8.74. The number of carbonyl (C=O) groups excluding carboxylic acids is 3. The van der Waals surface area contributed by atoms with E-state index in [1.807, 2.05) is 15.4 Å².